The summed E-state index contributed by atoms with van der Waals surface area (Å²) >= 11 is 0. The van der Waals surface area contributed by atoms with Gasteiger partial charge in [-0.1, -0.05) is 47.8 Å². The molecule has 31 heavy (non-hydrogen) atoms. The average molecular weight is 427 g/mol. The molecule has 0 saturated carbocycles. The van der Waals surface area contributed by atoms with Crippen LogP contribution in [-0.2, 0) is 0 Å². The number of likely N-dealkylation sites (tertiary alicyclic amines) is 1. The van der Waals surface area contributed by atoms with E-state index in [9.17, 15) is 20.4 Å². The molecule has 3 rings (SSSR count). The van der Waals surface area contributed by atoms with E-state index < -0.39 is 24.7 Å². The number of hydrogen-bond donors (Lipinski definition) is 4. The van der Waals surface area contributed by atoms with E-state index in [2.05, 4.69) is 24.0 Å². The number of nitrogens with zero attached hydrogens (tertiary/aromatic N) is 2. The number of aliphatic hydroxyl groups is 4. The van der Waals surface area contributed by atoms with Gasteiger partial charge in [0, 0.05) is 24.2 Å². The Hall–Kier alpha value is -1.98. The summed E-state index contributed by atoms with van der Waals surface area (Å²) in [6, 6.07) is 9.99. The zero-order chi connectivity index (χ0) is 22.4. The van der Waals surface area contributed by atoms with Crippen molar-refractivity contribution in [3.05, 3.63) is 59.2 Å². The first-order chi connectivity index (χ1) is 14.9. The van der Waals surface area contributed by atoms with Gasteiger partial charge in [-0.15, -0.1) is 0 Å². The van der Waals surface area contributed by atoms with Crippen molar-refractivity contribution < 1.29 is 20.4 Å². The van der Waals surface area contributed by atoms with E-state index in [1.54, 1.807) is 19.0 Å². The topological polar surface area (TPSA) is 87.4 Å². The lowest BCUT2D eigenvalue weighted by molar-refractivity contribution is -0.175. The zero-order valence-electron chi connectivity index (χ0n) is 18.4. The summed E-state index contributed by atoms with van der Waals surface area (Å²) in [4.78, 5) is 3.18. The van der Waals surface area contributed by atoms with E-state index in [4.69, 9.17) is 0 Å². The van der Waals surface area contributed by atoms with Gasteiger partial charge in [-0.05, 0) is 57.8 Å². The molecule has 1 aliphatic carbocycles. The van der Waals surface area contributed by atoms with Crippen molar-refractivity contribution in [3.63, 3.8) is 0 Å². The van der Waals surface area contributed by atoms with E-state index in [1.807, 2.05) is 30.3 Å². The molecule has 0 aromatic heterocycles. The van der Waals surface area contributed by atoms with Gasteiger partial charge in [0.15, 0.2) is 0 Å². The highest BCUT2D eigenvalue weighted by Gasteiger charge is 2.36. The maximum atomic E-state index is 10.5. The van der Waals surface area contributed by atoms with Crippen LogP contribution < -0.4 is 0 Å². The smallest absolute Gasteiger partial charge is 0.136 e. The number of hydrogen-bond acceptors (Lipinski definition) is 6. The monoisotopic (exact) mass is 426 g/mol. The number of piperidine rings is 1. The quantitative estimate of drug-likeness (QED) is 0.405. The molecule has 1 aromatic carbocycles. The SMILES string of the molecule is CN(C)C(O)C(O)C(O)C(O)N1CCC(C2=CC=C(C#Cc3ccccc3)CC2)CC1. The van der Waals surface area contributed by atoms with Crippen LogP contribution in [0.15, 0.2) is 53.6 Å². The van der Waals surface area contributed by atoms with Gasteiger partial charge in [0.1, 0.15) is 24.7 Å². The summed E-state index contributed by atoms with van der Waals surface area (Å²) in [7, 11) is 3.20. The molecular formula is C25H34N2O4. The number of rotatable bonds is 6. The molecule has 4 N–H and O–H groups in total. The highest BCUT2D eigenvalue weighted by atomic mass is 16.4. The van der Waals surface area contributed by atoms with Gasteiger partial charge in [-0.2, -0.15) is 0 Å². The minimum Gasteiger partial charge on any atom is -0.386 e. The average Bonchev–Trinajstić information content (AvgIpc) is 2.82. The molecule has 6 nitrogen and oxygen atoms in total. The number of benzene rings is 1. The van der Waals surface area contributed by atoms with Gasteiger partial charge in [0.25, 0.3) is 0 Å². The van der Waals surface area contributed by atoms with Crippen LogP contribution in [0.4, 0.5) is 0 Å². The third kappa shape index (κ3) is 6.27. The van der Waals surface area contributed by atoms with Gasteiger partial charge >= 0.3 is 0 Å². The fourth-order valence-corrected chi connectivity index (χ4v) is 4.18. The predicted molar refractivity (Wildman–Crippen MR) is 121 cm³/mol. The molecule has 1 saturated heterocycles. The van der Waals surface area contributed by atoms with Gasteiger partial charge in [0.2, 0.25) is 0 Å². The summed E-state index contributed by atoms with van der Waals surface area (Å²) < 4.78 is 0. The molecule has 2 aliphatic rings. The number of aliphatic hydroxyl groups excluding tert-OH is 4. The van der Waals surface area contributed by atoms with Crippen LogP contribution in [-0.4, -0.2) is 82.1 Å². The Kier molecular flexibility index (Phi) is 8.44. The lowest BCUT2D eigenvalue weighted by atomic mass is 9.83. The highest BCUT2D eigenvalue weighted by molar-refractivity contribution is 5.43. The van der Waals surface area contributed by atoms with E-state index in [-0.39, 0.29) is 0 Å². The second-order valence-corrected chi connectivity index (χ2v) is 8.63. The van der Waals surface area contributed by atoms with E-state index in [0.717, 1.165) is 36.8 Å². The van der Waals surface area contributed by atoms with Crippen LogP contribution in [0.25, 0.3) is 0 Å². The van der Waals surface area contributed by atoms with Gasteiger partial charge in [-0.25, -0.2) is 0 Å². The first-order valence-electron chi connectivity index (χ1n) is 11.0. The summed E-state index contributed by atoms with van der Waals surface area (Å²) in [6.07, 6.45) is 2.73. The van der Waals surface area contributed by atoms with Gasteiger partial charge in [-0.3, -0.25) is 9.80 Å². The largest absolute Gasteiger partial charge is 0.386 e. The highest BCUT2D eigenvalue weighted by Crippen LogP contribution is 2.32. The molecule has 168 valence electrons. The first-order valence-corrected chi connectivity index (χ1v) is 11.0. The van der Waals surface area contributed by atoms with Crippen molar-refractivity contribution >= 4 is 0 Å². The molecule has 4 unspecified atom stereocenters. The molecule has 1 aromatic rings. The molecule has 1 heterocycles. The Bertz CT molecular complexity index is 832. The standard InChI is InChI=1S/C25H34N2O4/c1-26(2)24(30)22(28)23(29)25(31)27-16-14-21(15-17-27)20-12-10-19(11-13-20)9-8-18-6-4-3-5-7-18/h3-7,10,12,21-25,28-31H,11,13-17H2,1-2H3. The number of likely N-dealkylation sites (N-methyl/N-ethyl adjacent to an activating group) is 1. The molecule has 0 amide bonds. The normalized spacial score (nSPS) is 22.0. The second-order valence-electron chi connectivity index (χ2n) is 8.63. The van der Waals surface area contributed by atoms with Crippen LogP contribution >= 0.6 is 0 Å². The summed E-state index contributed by atoms with van der Waals surface area (Å²) in [5, 5.41) is 40.8. The Labute approximate surface area is 185 Å². The summed E-state index contributed by atoms with van der Waals surface area (Å²) in [5.41, 5.74) is 3.59. The van der Waals surface area contributed by atoms with Crippen molar-refractivity contribution in [2.75, 3.05) is 27.2 Å². The van der Waals surface area contributed by atoms with Crippen LogP contribution in [0.1, 0.15) is 31.2 Å². The van der Waals surface area contributed by atoms with E-state index >= 15 is 0 Å². The van der Waals surface area contributed by atoms with Crippen molar-refractivity contribution in [2.45, 2.75) is 50.3 Å². The Balaban J connectivity index is 1.52. The Morgan fingerprint density at radius 1 is 0.903 bits per heavy atom. The molecule has 0 bridgehead atoms. The van der Waals surface area contributed by atoms with Crippen LogP contribution in [0.3, 0.4) is 0 Å². The Morgan fingerprint density at radius 3 is 2.16 bits per heavy atom. The molecule has 1 fully saturated rings. The molecule has 4 atom stereocenters. The zero-order valence-corrected chi connectivity index (χ0v) is 18.4. The van der Waals surface area contributed by atoms with Gasteiger partial charge < -0.3 is 20.4 Å². The van der Waals surface area contributed by atoms with Crippen molar-refractivity contribution in [2.24, 2.45) is 5.92 Å². The van der Waals surface area contributed by atoms with E-state index in [1.165, 1.54) is 10.5 Å². The summed E-state index contributed by atoms with van der Waals surface area (Å²) in [6.45, 7) is 1.27. The minimum absolute atomic E-state index is 0.456. The van der Waals surface area contributed by atoms with Crippen LogP contribution in [0.2, 0.25) is 0 Å². The second kappa shape index (κ2) is 11.1. The maximum Gasteiger partial charge on any atom is 0.136 e. The van der Waals surface area contributed by atoms with Crippen molar-refractivity contribution in [1.82, 2.24) is 9.80 Å². The van der Waals surface area contributed by atoms with E-state index in [0.29, 0.717) is 19.0 Å². The third-order valence-electron chi connectivity index (χ3n) is 6.24. The third-order valence-corrected chi connectivity index (χ3v) is 6.24. The fraction of sp³-hybridized carbons (Fsp3) is 0.520. The van der Waals surface area contributed by atoms with Crippen molar-refractivity contribution in [3.8, 4) is 11.8 Å². The molecule has 6 heteroatoms. The lowest BCUT2D eigenvalue weighted by Gasteiger charge is -2.39. The fourth-order valence-electron chi connectivity index (χ4n) is 4.18. The first kappa shape index (κ1) is 23.7. The molecule has 0 spiro atoms. The van der Waals surface area contributed by atoms with Crippen LogP contribution in [0, 0.1) is 17.8 Å². The summed E-state index contributed by atoms with van der Waals surface area (Å²) in [5.74, 6) is 6.94. The maximum absolute atomic E-state index is 10.5. The van der Waals surface area contributed by atoms with Crippen LogP contribution in [0.5, 0.6) is 0 Å². The van der Waals surface area contributed by atoms with Crippen molar-refractivity contribution in [1.29, 1.82) is 0 Å². The van der Waals surface area contributed by atoms with Gasteiger partial charge in [0.05, 0.1) is 0 Å². The molecular weight excluding hydrogens is 392 g/mol. The predicted octanol–water partition coefficient (Wildman–Crippen LogP) is 1.32. The minimum atomic E-state index is -1.44. The lowest BCUT2D eigenvalue weighted by Crippen LogP contribution is -2.56. The number of allylic oxidation sites excluding steroid dienone is 4. The Morgan fingerprint density at radius 2 is 1.58 bits per heavy atom. The molecule has 0 radical (unpaired) electrons. The molecule has 1 aliphatic heterocycles.